The van der Waals surface area contributed by atoms with Gasteiger partial charge in [0.25, 0.3) is 0 Å². The summed E-state index contributed by atoms with van der Waals surface area (Å²) in [6, 6.07) is -0.857. The second-order valence-corrected chi connectivity index (χ2v) is 23.3. The van der Waals surface area contributed by atoms with Crippen LogP contribution in [0.25, 0.3) is 0 Å². The number of likely N-dealkylation sites (N-methyl/N-ethyl adjacent to an activating group) is 1. The first-order chi connectivity index (χ1) is 35.9. The van der Waals surface area contributed by atoms with E-state index in [2.05, 4.69) is 86.8 Å². The van der Waals surface area contributed by atoms with E-state index in [1.165, 1.54) is 141 Å². The van der Waals surface area contributed by atoms with E-state index in [4.69, 9.17) is 13.8 Å². The van der Waals surface area contributed by atoms with Gasteiger partial charge in [0, 0.05) is 12.8 Å². The highest BCUT2D eigenvalue weighted by molar-refractivity contribution is 7.47. The molecule has 9 nitrogen and oxygen atoms in total. The molecule has 0 heterocycles. The molecule has 0 fully saturated rings. The number of nitrogens with one attached hydrogen (secondary N) is 1. The lowest BCUT2D eigenvalue weighted by Gasteiger charge is -2.27. The fourth-order valence-corrected chi connectivity index (χ4v) is 9.37. The smallest absolute Gasteiger partial charge is 0.456 e. The van der Waals surface area contributed by atoms with Gasteiger partial charge in [-0.05, 0) is 96.0 Å². The highest BCUT2D eigenvalue weighted by Gasteiger charge is 2.30. The van der Waals surface area contributed by atoms with Gasteiger partial charge in [0.1, 0.15) is 19.3 Å². The van der Waals surface area contributed by atoms with E-state index in [1.54, 1.807) is 0 Å². The largest absolute Gasteiger partial charge is 0.472 e. The third kappa shape index (κ3) is 54.2. The van der Waals surface area contributed by atoms with Gasteiger partial charge in [0.15, 0.2) is 0 Å². The average molecular weight is 1060 g/mol. The zero-order chi connectivity index (χ0) is 54.3. The van der Waals surface area contributed by atoms with Crippen LogP contribution in [0.4, 0.5) is 0 Å². The van der Waals surface area contributed by atoms with E-state index in [9.17, 15) is 19.0 Å². The van der Waals surface area contributed by atoms with Crippen molar-refractivity contribution >= 4 is 19.7 Å². The molecule has 2 N–H and O–H groups in total. The normalized spacial score (nSPS) is 14.2. The summed E-state index contributed by atoms with van der Waals surface area (Å²) in [6.45, 7) is 6.87. The molecule has 0 aromatic heterocycles. The number of hydrogen-bond donors (Lipinski definition) is 2. The second kappa shape index (κ2) is 53.8. The monoisotopic (exact) mass is 1060 g/mol. The predicted octanol–water partition coefficient (Wildman–Crippen LogP) is 18.8. The van der Waals surface area contributed by atoms with E-state index >= 15 is 0 Å². The predicted molar refractivity (Wildman–Crippen MR) is 318 cm³/mol. The van der Waals surface area contributed by atoms with Crippen LogP contribution in [0, 0.1) is 0 Å². The number of phosphoric acid groups is 1. The van der Waals surface area contributed by atoms with E-state index in [-0.39, 0.29) is 31.5 Å². The Morgan fingerprint density at radius 1 is 0.486 bits per heavy atom. The highest BCUT2D eigenvalue weighted by atomic mass is 31.2. The molecule has 0 aromatic carbocycles. The maximum Gasteiger partial charge on any atom is 0.472 e. The summed E-state index contributed by atoms with van der Waals surface area (Å²) in [4.78, 5) is 37.7. The molecule has 3 unspecified atom stereocenters. The summed E-state index contributed by atoms with van der Waals surface area (Å²) in [5, 5.41) is 3.05. The summed E-state index contributed by atoms with van der Waals surface area (Å²) in [7, 11) is 1.48. The molecule has 0 saturated heterocycles. The Balaban J connectivity index is 5.21. The Morgan fingerprint density at radius 2 is 0.865 bits per heavy atom. The highest BCUT2D eigenvalue weighted by Crippen LogP contribution is 2.43. The number of carbonyl (C=O) groups is 2. The van der Waals surface area contributed by atoms with Crippen LogP contribution in [0.3, 0.4) is 0 Å². The average Bonchev–Trinajstić information content (AvgIpc) is 3.36. The van der Waals surface area contributed by atoms with Crippen molar-refractivity contribution in [3.63, 3.8) is 0 Å². The molecule has 0 aliphatic carbocycles. The summed E-state index contributed by atoms with van der Waals surface area (Å²) >= 11 is 0. The molecule has 3 atom stereocenters. The Bertz CT molecular complexity index is 1500. The molecular formula is C64H118N2O7P+. The van der Waals surface area contributed by atoms with Crippen LogP contribution >= 0.6 is 7.82 Å². The van der Waals surface area contributed by atoms with Crippen molar-refractivity contribution in [2.45, 2.75) is 283 Å². The van der Waals surface area contributed by atoms with Crippen molar-refractivity contribution in [2.75, 3.05) is 40.9 Å². The number of allylic oxidation sites excluding steroid dienone is 11. The van der Waals surface area contributed by atoms with Crippen molar-refractivity contribution < 1.29 is 37.3 Å². The molecule has 0 bridgehead atoms. The molecular weight excluding hydrogens is 940 g/mol. The van der Waals surface area contributed by atoms with Gasteiger partial charge in [0.2, 0.25) is 5.91 Å². The number of quaternary nitrogens is 1. The summed E-state index contributed by atoms with van der Waals surface area (Å²) in [5.41, 5.74) is 0. The fraction of sp³-hybridized carbons (Fsp3) is 0.781. The van der Waals surface area contributed by atoms with Crippen molar-refractivity contribution in [3.8, 4) is 0 Å². The van der Waals surface area contributed by atoms with Crippen LogP contribution in [0.2, 0.25) is 0 Å². The first-order valence-electron chi connectivity index (χ1n) is 30.8. The molecule has 0 radical (unpaired) electrons. The lowest BCUT2D eigenvalue weighted by molar-refractivity contribution is -0.870. The number of esters is 1. The number of unbranched alkanes of at least 4 members (excludes halogenated alkanes) is 29. The number of ether oxygens (including phenoxy) is 1. The third-order valence-electron chi connectivity index (χ3n) is 13.4. The van der Waals surface area contributed by atoms with Gasteiger partial charge in [-0.15, -0.1) is 0 Å². The lowest BCUT2D eigenvalue weighted by atomic mass is 10.0. The van der Waals surface area contributed by atoms with E-state index in [0.717, 1.165) is 96.3 Å². The van der Waals surface area contributed by atoms with Crippen molar-refractivity contribution in [1.29, 1.82) is 0 Å². The molecule has 430 valence electrons. The molecule has 0 aromatic rings. The molecule has 0 saturated carbocycles. The molecule has 0 rings (SSSR count). The Morgan fingerprint density at radius 3 is 1.32 bits per heavy atom. The topological polar surface area (TPSA) is 111 Å². The maximum atomic E-state index is 13.5. The van der Waals surface area contributed by atoms with Crippen LogP contribution in [0.5, 0.6) is 0 Å². The maximum absolute atomic E-state index is 13.5. The second-order valence-electron chi connectivity index (χ2n) is 21.8. The number of nitrogens with zero attached hydrogens (tertiary/aromatic N) is 1. The van der Waals surface area contributed by atoms with Gasteiger partial charge in [-0.1, -0.05) is 235 Å². The van der Waals surface area contributed by atoms with Crippen LogP contribution in [0.1, 0.15) is 271 Å². The van der Waals surface area contributed by atoms with Gasteiger partial charge in [0.05, 0.1) is 33.8 Å². The van der Waals surface area contributed by atoms with Gasteiger partial charge < -0.3 is 19.4 Å². The first kappa shape index (κ1) is 71.5. The summed E-state index contributed by atoms with van der Waals surface area (Å²) < 4.78 is 30.7. The number of carbonyl (C=O) groups excluding carboxylic acids is 2. The van der Waals surface area contributed by atoms with Crippen LogP contribution in [-0.4, -0.2) is 74.3 Å². The van der Waals surface area contributed by atoms with Crippen LogP contribution in [0.15, 0.2) is 72.9 Å². The van der Waals surface area contributed by atoms with E-state index in [1.807, 2.05) is 33.3 Å². The molecule has 0 aliphatic heterocycles. The Hall–Kier alpha value is -2.55. The van der Waals surface area contributed by atoms with Gasteiger partial charge >= 0.3 is 13.8 Å². The van der Waals surface area contributed by atoms with Crippen LogP contribution < -0.4 is 5.32 Å². The number of phosphoric ester groups is 1. The minimum atomic E-state index is -4.45. The van der Waals surface area contributed by atoms with Crippen molar-refractivity contribution in [2.24, 2.45) is 0 Å². The van der Waals surface area contributed by atoms with Crippen molar-refractivity contribution in [3.05, 3.63) is 72.9 Å². The lowest BCUT2D eigenvalue weighted by Crippen LogP contribution is -2.47. The molecule has 10 heteroatoms. The molecule has 0 spiro atoms. The first-order valence-corrected chi connectivity index (χ1v) is 32.3. The van der Waals surface area contributed by atoms with E-state index in [0.29, 0.717) is 17.4 Å². The minimum absolute atomic E-state index is 0.0350. The molecule has 0 aliphatic rings. The standard InChI is InChI=1S/C64H117N2O7P/c1-7-10-13-16-19-22-25-27-29-31-32-33-34-35-37-39-42-45-48-51-54-57-64(68)73-62(55-52-49-46-43-40-24-21-18-15-12-9-3)61(60-72-74(69,70)71-59-58-66(4,5)6)65-63(67)56-53-50-47-44-41-38-36-30-28-26-23-20-17-14-11-8-2/h11,14,19-20,22-23,27-30,52,55,61-62H,7-10,12-13,15-18,21,24-26,31-51,53-54,56-60H2,1-6H3,(H-,65,67,69,70)/p+1/b14-11+,22-19-,23-20+,29-27-,30-28+,55-52+. The minimum Gasteiger partial charge on any atom is -0.456 e. The Labute approximate surface area is 457 Å². The summed E-state index contributed by atoms with van der Waals surface area (Å²) in [6.07, 6.45) is 69.0. The number of rotatable bonds is 55. The number of amides is 1. The van der Waals surface area contributed by atoms with Gasteiger partial charge in [-0.25, -0.2) is 4.57 Å². The molecule has 1 amide bonds. The van der Waals surface area contributed by atoms with Gasteiger partial charge in [-0.3, -0.25) is 18.6 Å². The van der Waals surface area contributed by atoms with Crippen molar-refractivity contribution in [1.82, 2.24) is 5.32 Å². The zero-order valence-electron chi connectivity index (χ0n) is 49.1. The zero-order valence-corrected chi connectivity index (χ0v) is 50.0. The molecule has 74 heavy (non-hydrogen) atoms. The number of hydrogen-bond acceptors (Lipinski definition) is 6. The quantitative estimate of drug-likeness (QED) is 0.0205. The summed E-state index contributed by atoms with van der Waals surface area (Å²) in [5.74, 6) is -0.521. The van der Waals surface area contributed by atoms with E-state index < -0.39 is 20.0 Å². The SMILES string of the molecule is CC/C=C/C/C=C/C/C=C/CCCCCCCCC(=O)NC(COP(=O)(O)OCC[N+](C)(C)C)C(/C=C/CCCCCCCCCCC)OC(=O)CCCCCCCCCCCCC/C=C\C/C=C\CCCCC. The fourth-order valence-electron chi connectivity index (χ4n) is 8.63. The van der Waals surface area contributed by atoms with Gasteiger partial charge in [-0.2, -0.15) is 0 Å². The van der Waals surface area contributed by atoms with Crippen LogP contribution in [-0.2, 0) is 27.9 Å². The Kier molecular flexibility index (Phi) is 52.0. The third-order valence-corrected chi connectivity index (χ3v) is 14.4.